The third-order valence-corrected chi connectivity index (χ3v) is 13.0. The van der Waals surface area contributed by atoms with Gasteiger partial charge in [0.15, 0.2) is 6.29 Å². The van der Waals surface area contributed by atoms with Crippen LogP contribution in [0, 0.1) is 0 Å². The van der Waals surface area contributed by atoms with E-state index < -0.39 is 49.5 Å². The van der Waals surface area contributed by atoms with Crippen molar-refractivity contribution in [1.29, 1.82) is 0 Å². The number of hydrogen-bond acceptors (Lipinski definition) is 10. The average Bonchev–Trinajstić information content (AvgIpc) is 3.37. The normalized spacial score (nSPS) is 19.7. The Kier molecular flexibility index (Phi) is 45.9. The van der Waals surface area contributed by atoms with Crippen LogP contribution in [0.3, 0.4) is 0 Å². The van der Waals surface area contributed by atoms with E-state index in [9.17, 15) is 35.1 Å². The molecule has 0 saturated carbocycles. The fourth-order valence-electron chi connectivity index (χ4n) is 8.38. The van der Waals surface area contributed by atoms with Gasteiger partial charge in [0.05, 0.1) is 32.0 Å². The molecule has 0 aromatic heterocycles. The van der Waals surface area contributed by atoms with E-state index in [1.165, 1.54) is 103 Å². The number of carbonyl (C=O) groups excluding carboxylic acids is 2. The number of aliphatic hydroxyl groups is 5. The highest BCUT2D eigenvalue weighted by atomic mass is 16.7. The lowest BCUT2D eigenvalue weighted by atomic mass is 9.99. The van der Waals surface area contributed by atoms with Crippen LogP contribution in [0.4, 0.5) is 0 Å². The van der Waals surface area contributed by atoms with E-state index in [1.54, 1.807) is 6.08 Å². The highest BCUT2D eigenvalue weighted by molar-refractivity contribution is 5.76. The first-order valence-corrected chi connectivity index (χ1v) is 28.7. The minimum absolute atomic E-state index is 0.0406. The monoisotopic (exact) mass is 1000 g/mol. The van der Waals surface area contributed by atoms with Crippen molar-refractivity contribution in [2.45, 2.75) is 275 Å². The number of ether oxygens (including phenoxy) is 3. The van der Waals surface area contributed by atoms with E-state index in [-0.39, 0.29) is 18.5 Å². The second-order valence-electron chi connectivity index (χ2n) is 19.6. The van der Waals surface area contributed by atoms with Crippen molar-refractivity contribution in [3.05, 3.63) is 72.9 Å². The summed E-state index contributed by atoms with van der Waals surface area (Å²) in [5, 5.41) is 54.2. The summed E-state index contributed by atoms with van der Waals surface area (Å²) in [6, 6.07) is -0.844. The molecule has 1 aliphatic rings. The topological polar surface area (TPSA) is 175 Å². The van der Waals surface area contributed by atoms with Crippen LogP contribution in [0.25, 0.3) is 0 Å². The van der Waals surface area contributed by atoms with E-state index in [1.807, 2.05) is 6.08 Å². The second-order valence-corrected chi connectivity index (χ2v) is 19.6. The van der Waals surface area contributed by atoms with E-state index in [0.717, 1.165) is 96.3 Å². The molecule has 1 fully saturated rings. The predicted octanol–water partition coefficient (Wildman–Crippen LogP) is 12.8. The number of aliphatic hydroxyl groups excluding tert-OH is 5. The SMILES string of the molecule is CCCC/C=C/CC/C=C/CC/C=C/C(O)C(COC1OC(CO)C(O)C(O)C1O)NC(=O)CCCCCCCCCCCC/C=C\C=C/CCCCCOC(=O)CCCCCCC/C=C\CCCCC. The van der Waals surface area contributed by atoms with Crippen LogP contribution in [0.1, 0.15) is 232 Å². The fraction of sp³-hybridized carbons (Fsp3) is 0.767. The number of hydrogen-bond donors (Lipinski definition) is 6. The van der Waals surface area contributed by atoms with Gasteiger partial charge in [0.2, 0.25) is 5.91 Å². The Morgan fingerprint density at radius 2 is 0.972 bits per heavy atom. The Morgan fingerprint density at radius 3 is 1.52 bits per heavy atom. The van der Waals surface area contributed by atoms with Crippen LogP contribution in [-0.2, 0) is 23.8 Å². The lowest BCUT2D eigenvalue weighted by Crippen LogP contribution is -2.60. The minimum Gasteiger partial charge on any atom is -0.466 e. The third-order valence-electron chi connectivity index (χ3n) is 13.0. The molecule has 0 aliphatic carbocycles. The summed E-state index contributed by atoms with van der Waals surface area (Å²) < 4.78 is 16.6. The molecule has 0 spiro atoms. The quantitative estimate of drug-likeness (QED) is 0.0149. The maximum atomic E-state index is 13.0. The molecule has 0 aromatic rings. The third kappa shape index (κ3) is 39.3. The lowest BCUT2D eigenvalue weighted by molar-refractivity contribution is -0.302. The smallest absolute Gasteiger partial charge is 0.305 e. The van der Waals surface area contributed by atoms with Gasteiger partial charge in [-0.1, -0.05) is 183 Å². The Labute approximate surface area is 432 Å². The van der Waals surface area contributed by atoms with E-state index in [2.05, 4.69) is 79.9 Å². The summed E-state index contributed by atoms with van der Waals surface area (Å²) in [4.78, 5) is 25.0. The zero-order valence-electron chi connectivity index (χ0n) is 44.9. The van der Waals surface area contributed by atoms with Crippen molar-refractivity contribution in [1.82, 2.24) is 5.32 Å². The van der Waals surface area contributed by atoms with Crippen molar-refractivity contribution in [3.8, 4) is 0 Å². The number of esters is 1. The van der Waals surface area contributed by atoms with Crippen molar-refractivity contribution < 1.29 is 49.3 Å². The number of allylic oxidation sites excluding steroid dienone is 11. The van der Waals surface area contributed by atoms with Crippen molar-refractivity contribution in [2.75, 3.05) is 19.8 Å². The molecule has 11 heteroatoms. The predicted molar refractivity (Wildman–Crippen MR) is 292 cm³/mol. The van der Waals surface area contributed by atoms with Crippen LogP contribution in [0.2, 0.25) is 0 Å². The summed E-state index contributed by atoms with van der Waals surface area (Å²) in [6.45, 7) is 4.18. The molecular formula is C60H105NO10. The van der Waals surface area contributed by atoms with Gasteiger partial charge in [-0.15, -0.1) is 0 Å². The molecule has 1 amide bonds. The van der Waals surface area contributed by atoms with Gasteiger partial charge in [-0.25, -0.2) is 0 Å². The van der Waals surface area contributed by atoms with Gasteiger partial charge >= 0.3 is 5.97 Å². The van der Waals surface area contributed by atoms with E-state index >= 15 is 0 Å². The summed E-state index contributed by atoms with van der Waals surface area (Å²) >= 11 is 0. The first-order chi connectivity index (χ1) is 34.7. The van der Waals surface area contributed by atoms with Crippen molar-refractivity contribution in [2.24, 2.45) is 0 Å². The molecule has 1 saturated heterocycles. The Hall–Kier alpha value is -2.90. The largest absolute Gasteiger partial charge is 0.466 e. The highest BCUT2D eigenvalue weighted by Gasteiger charge is 2.44. The zero-order chi connectivity index (χ0) is 51.7. The first-order valence-electron chi connectivity index (χ1n) is 28.7. The van der Waals surface area contributed by atoms with Crippen molar-refractivity contribution >= 4 is 11.9 Å². The molecule has 7 unspecified atom stereocenters. The zero-order valence-corrected chi connectivity index (χ0v) is 44.9. The first kappa shape index (κ1) is 66.1. The van der Waals surface area contributed by atoms with Crippen molar-refractivity contribution in [3.63, 3.8) is 0 Å². The van der Waals surface area contributed by atoms with Gasteiger partial charge in [-0.3, -0.25) is 9.59 Å². The summed E-state index contributed by atoms with van der Waals surface area (Å²) in [6.07, 6.45) is 54.2. The number of amides is 1. The average molecular weight is 1000 g/mol. The maximum absolute atomic E-state index is 13.0. The highest BCUT2D eigenvalue weighted by Crippen LogP contribution is 2.23. The summed E-state index contributed by atoms with van der Waals surface area (Å²) in [5.74, 6) is -0.250. The van der Waals surface area contributed by atoms with Gasteiger partial charge in [0.1, 0.15) is 24.4 Å². The second kappa shape index (κ2) is 49.3. The molecule has 410 valence electrons. The standard InChI is InChI=1S/C60H105NO10/c1-3-5-7-9-11-13-15-26-30-34-38-42-46-53(63)52(51-70-60-59(68)58(67)57(66)54(50-62)71-60)61-55(64)47-43-39-35-31-27-24-22-20-18-17-19-21-23-25-29-33-37-41-45-49-69-56(65)48-44-40-36-32-28-16-14-12-10-8-6-4-2/h9,11-12,14,21,23,25-26,29-30,42,46,52-54,57-60,62-63,66-68H,3-8,10,13,15-20,22,24,27-28,31-41,43-45,47-51H2,1-2H3,(H,61,64)/b11-9+,14-12-,23-21-,29-25-,30-26+,46-42+. The molecule has 7 atom stereocenters. The van der Waals surface area contributed by atoms with Crippen LogP contribution in [-0.4, -0.2) is 100 Å². The van der Waals surface area contributed by atoms with Gasteiger partial charge in [-0.2, -0.15) is 0 Å². The molecular weight excluding hydrogens is 895 g/mol. The number of nitrogens with one attached hydrogen (secondary N) is 1. The van der Waals surface area contributed by atoms with Crippen LogP contribution in [0.15, 0.2) is 72.9 Å². The molecule has 0 aromatic carbocycles. The molecule has 1 aliphatic heterocycles. The minimum atomic E-state index is -1.59. The number of unbranched alkanes of at least 4 members (excludes halogenated alkanes) is 25. The number of rotatable bonds is 48. The molecule has 0 radical (unpaired) electrons. The summed E-state index contributed by atoms with van der Waals surface area (Å²) in [7, 11) is 0. The molecule has 0 bridgehead atoms. The van der Waals surface area contributed by atoms with Gasteiger partial charge in [0.25, 0.3) is 0 Å². The molecule has 71 heavy (non-hydrogen) atoms. The summed E-state index contributed by atoms with van der Waals surface area (Å²) in [5.41, 5.74) is 0. The van der Waals surface area contributed by atoms with Gasteiger partial charge < -0.3 is 45.1 Å². The van der Waals surface area contributed by atoms with Crippen LogP contribution >= 0.6 is 0 Å². The Morgan fingerprint density at radius 1 is 0.521 bits per heavy atom. The van der Waals surface area contributed by atoms with Gasteiger partial charge in [-0.05, 0) is 109 Å². The van der Waals surface area contributed by atoms with Crippen LogP contribution < -0.4 is 5.32 Å². The van der Waals surface area contributed by atoms with Crippen LogP contribution in [0.5, 0.6) is 0 Å². The van der Waals surface area contributed by atoms with Gasteiger partial charge in [0, 0.05) is 12.8 Å². The Bertz CT molecular complexity index is 1410. The number of carbonyl (C=O) groups is 2. The molecule has 1 heterocycles. The molecule has 6 N–H and O–H groups in total. The lowest BCUT2D eigenvalue weighted by Gasteiger charge is -2.40. The molecule has 1 rings (SSSR count). The Balaban J connectivity index is 2.14. The fourth-order valence-corrected chi connectivity index (χ4v) is 8.38. The maximum Gasteiger partial charge on any atom is 0.305 e. The van der Waals surface area contributed by atoms with E-state index in [0.29, 0.717) is 25.9 Å². The van der Waals surface area contributed by atoms with E-state index in [4.69, 9.17) is 14.2 Å². The molecule has 11 nitrogen and oxygen atoms in total.